The van der Waals surface area contributed by atoms with Crippen LogP contribution in [0.3, 0.4) is 0 Å². The molecule has 0 atom stereocenters. The van der Waals surface area contributed by atoms with E-state index in [4.69, 9.17) is 5.11 Å². The lowest BCUT2D eigenvalue weighted by Crippen LogP contribution is -1.93. The van der Waals surface area contributed by atoms with E-state index in [0.29, 0.717) is 12.8 Å². The Hall–Kier alpha value is -1.38. The number of hydrogen-bond donors (Lipinski definition) is 1. The van der Waals surface area contributed by atoms with Gasteiger partial charge in [0.15, 0.2) is 0 Å². The summed E-state index contributed by atoms with van der Waals surface area (Å²) in [6, 6.07) is 0. The van der Waals surface area contributed by atoms with Crippen LogP contribution in [-0.4, -0.2) is 17.4 Å². The molecule has 1 N–H and O–H groups in total. The molecule has 0 spiro atoms. The van der Waals surface area contributed by atoms with Crippen molar-refractivity contribution in [3.05, 3.63) is 24.3 Å². The van der Waals surface area contributed by atoms with Gasteiger partial charge in [-0.25, -0.2) is 0 Å². The third-order valence-electron chi connectivity index (χ3n) is 5.00. The van der Waals surface area contributed by atoms with Crippen LogP contribution in [0.5, 0.6) is 0 Å². The van der Waals surface area contributed by atoms with Crippen LogP contribution >= 0.6 is 0 Å². The second-order valence-corrected chi connectivity index (χ2v) is 8.06. The van der Waals surface area contributed by atoms with Gasteiger partial charge in [0.2, 0.25) is 0 Å². The van der Waals surface area contributed by atoms with Gasteiger partial charge < -0.3 is 9.90 Å². The molecular weight excluding hydrogens is 372 g/mol. The molecule has 0 fully saturated rings. The van der Waals surface area contributed by atoms with Gasteiger partial charge in [-0.2, -0.15) is 0 Å². The van der Waals surface area contributed by atoms with Crippen LogP contribution < -0.4 is 0 Å². The highest BCUT2D eigenvalue weighted by molar-refractivity contribution is 5.66. The predicted molar refractivity (Wildman–Crippen MR) is 131 cm³/mol. The zero-order chi connectivity index (χ0) is 22.5. The molecule has 0 aromatic carbocycles. The maximum atomic E-state index is 10.3. The van der Waals surface area contributed by atoms with E-state index < -0.39 is 5.97 Å². The fraction of sp³-hybridized carbons (Fsp3) is 0.778. The van der Waals surface area contributed by atoms with Gasteiger partial charge in [0, 0.05) is 12.8 Å². The first kappa shape index (κ1) is 30.8. The van der Waals surface area contributed by atoms with Crippen LogP contribution in [0, 0.1) is 0 Å². The van der Waals surface area contributed by atoms with Crippen LogP contribution in [-0.2, 0) is 9.59 Å². The van der Waals surface area contributed by atoms with E-state index >= 15 is 0 Å². The predicted octanol–water partition coefficient (Wildman–Crippen LogP) is 8.82. The molecule has 0 heterocycles. The first-order valence-corrected chi connectivity index (χ1v) is 12.6. The molecule has 0 aliphatic heterocycles. The van der Waals surface area contributed by atoms with E-state index in [0.717, 1.165) is 38.4 Å². The van der Waals surface area contributed by atoms with E-state index in [1.54, 1.807) is 0 Å². The van der Waals surface area contributed by atoms with E-state index in [1.807, 2.05) is 0 Å². The highest BCUT2D eigenvalue weighted by atomic mass is 16.4. The lowest BCUT2D eigenvalue weighted by atomic mass is 10.1. The lowest BCUT2D eigenvalue weighted by Gasteiger charge is -2.01. The molecule has 0 radical (unpaired) electrons. The van der Waals surface area contributed by atoms with Crippen molar-refractivity contribution in [3.8, 4) is 0 Å². The molecule has 3 heteroatoms. The van der Waals surface area contributed by atoms with Crippen LogP contribution in [0.15, 0.2) is 24.3 Å². The minimum Gasteiger partial charge on any atom is -0.481 e. The molecule has 0 aromatic rings. The second kappa shape index (κ2) is 29.8. The molecule has 0 bridgehead atoms. The largest absolute Gasteiger partial charge is 0.481 e. The number of carboxylic acid groups (broad SMARTS) is 1. The second-order valence-electron chi connectivity index (χ2n) is 8.06. The van der Waals surface area contributed by atoms with Gasteiger partial charge in [0.05, 0.1) is 0 Å². The zero-order valence-corrected chi connectivity index (χ0v) is 20.1. The SMILES string of the molecule is CC/C=C\CCCCCCCCCCCCC(=O)O.CCCC/C=C\CCCC=O. The molecule has 0 aliphatic carbocycles. The summed E-state index contributed by atoms with van der Waals surface area (Å²) in [6.07, 6.45) is 31.7. The molecule has 0 aromatic heterocycles. The summed E-state index contributed by atoms with van der Waals surface area (Å²) in [5.74, 6) is -0.659. The summed E-state index contributed by atoms with van der Waals surface area (Å²) in [5, 5.41) is 8.50. The van der Waals surface area contributed by atoms with Crippen molar-refractivity contribution in [2.75, 3.05) is 0 Å². The Labute approximate surface area is 187 Å². The third-order valence-corrected chi connectivity index (χ3v) is 5.00. The smallest absolute Gasteiger partial charge is 0.303 e. The van der Waals surface area contributed by atoms with E-state index in [-0.39, 0.29) is 0 Å². The van der Waals surface area contributed by atoms with Crippen molar-refractivity contribution in [1.29, 1.82) is 0 Å². The molecule has 3 nitrogen and oxygen atoms in total. The fourth-order valence-corrected chi connectivity index (χ4v) is 3.11. The Morgan fingerprint density at radius 3 is 1.57 bits per heavy atom. The van der Waals surface area contributed by atoms with E-state index in [9.17, 15) is 9.59 Å². The number of hydrogen-bond acceptors (Lipinski definition) is 2. The van der Waals surface area contributed by atoms with Gasteiger partial charge in [-0.1, -0.05) is 102 Å². The van der Waals surface area contributed by atoms with Gasteiger partial charge in [0.1, 0.15) is 6.29 Å². The van der Waals surface area contributed by atoms with Gasteiger partial charge in [0.25, 0.3) is 0 Å². The van der Waals surface area contributed by atoms with Crippen molar-refractivity contribution in [2.45, 2.75) is 136 Å². The van der Waals surface area contributed by atoms with E-state index in [2.05, 4.69) is 38.2 Å². The number of carbonyl (C=O) groups is 2. The summed E-state index contributed by atoms with van der Waals surface area (Å²) in [7, 11) is 0. The average molecular weight is 423 g/mol. The summed E-state index contributed by atoms with van der Waals surface area (Å²) in [6.45, 7) is 4.37. The minimum absolute atomic E-state index is 0.340. The molecule has 0 unspecified atom stereocenters. The number of aliphatic carboxylic acids is 1. The maximum absolute atomic E-state index is 10.3. The third kappa shape index (κ3) is 34.1. The summed E-state index contributed by atoms with van der Waals surface area (Å²) in [5.41, 5.74) is 0. The molecule has 0 aliphatic rings. The molecular formula is C27H50O3. The van der Waals surface area contributed by atoms with Crippen molar-refractivity contribution in [1.82, 2.24) is 0 Å². The Balaban J connectivity index is 0. The van der Waals surface area contributed by atoms with Crippen LogP contribution in [0.2, 0.25) is 0 Å². The maximum Gasteiger partial charge on any atom is 0.303 e. The van der Waals surface area contributed by atoms with Gasteiger partial charge in [-0.05, 0) is 44.9 Å². The van der Waals surface area contributed by atoms with E-state index in [1.165, 1.54) is 77.0 Å². The molecule has 0 saturated carbocycles. The number of carboxylic acids is 1. The van der Waals surface area contributed by atoms with Gasteiger partial charge in [-0.3, -0.25) is 4.79 Å². The highest BCUT2D eigenvalue weighted by Crippen LogP contribution is 2.12. The monoisotopic (exact) mass is 422 g/mol. The standard InChI is InChI=1S/C17H32O2.C10H18O/c1-2-3-4-5-6-7-8-9-10-11-12-13-14-15-16-17(18)19;1-2-3-4-5-6-7-8-9-10-11/h3-4H,2,5-16H2,1H3,(H,18,19);5-6,10H,2-4,7-9H2,1H3/b4-3-;6-5-. The van der Waals surface area contributed by atoms with Gasteiger partial charge >= 0.3 is 5.97 Å². The summed E-state index contributed by atoms with van der Waals surface area (Å²) in [4.78, 5) is 20.2. The topological polar surface area (TPSA) is 54.4 Å². The lowest BCUT2D eigenvalue weighted by molar-refractivity contribution is -0.137. The molecule has 0 amide bonds. The molecule has 30 heavy (non-hydrogen) atoms. The van der Waals surface area contributed by atoms with Crippen molar-refractivity contribution >= 4 is 12.3 Å². The van der Waals surface area contributed by atoms with Crippen molar-refractivity contribution in [2.24, 2.45) is 0 Å². The van der Waals surface area contributed by atoms with Crippen molar-refractivity contribution < 1.29 is 14.7 Å². The Morgan fingerprint density at radius 2 is 1.07 bits per heavy atom. The quantitative estimate of drug-likeness (QED) is 0.114. The number of aldehydes is 1. The number of unbranched alkanes of at least 4 members (excludes halogenated alkanes) is 14. The Bertz CT molecular complexity index is 399. The minimum atomic E-state index is -0.659. The number of carbonyl (C=O) groups excluding carboxylic acids is 1. The molecule has 0 rings (SSSR count). The molecule has 0 saturated heterocycles. The first-order valence-electron chi connectivity index (χ1n) is 12.6. The Morgan fingerprint density at radius 1 is 0.600 bits per heavy atom. The normalized spacial score (nSPS) is 11.0. The highest BCUT2D eigenvalue weighted by Gasteiger charge is 1.96. The molecule has 176 valence electrons. The average Bonchev–Trinajstić information content (AvgIpc) is 2.74. The van der Waals surface area contributed by atoms with Crippen molar-refractivity contribution in [3.63, 3.8) is 0 Å². The fourth-order valence-electron chi connectivity index (χ4n) is 3.11. The van der Waals surface area contributed by atoms with Gasteiger partial charge in [-0.15, -0.1) is 0 Å². The number of allylic oxidation sites excluding steroid dienone is 4. The number of rotatable bonds is 21. The summed E-state index contributed by atoms with van der Waals surface area (Å²) >= 11 is 0. The van der Waals surface area contributed by atoms with Crippen LogP contribution in [0.1, 0.15) is 136 Å². The summed E-state index contributed by atoms with van der Waals surface area (Å²) < 4.78 is 0. The zero-order valence-electron chi connectivity index (χ0n) is 20.1. The van der Waals surface area contributed by atoms with Crippen LogP contribution in [0.4, 0.5) is 0 Å². The van der Waals surface area contributed by atoms with Crippen LogP contribution in [0.25, 0.3) is 0 Å². The first-order chi connectivity index (χ1) is 14.7. The Kier molecular flexibility index (Phi) is 30.6.